The number of rotatable bonds is 1. The number of amides is 1. The molecule has 3 heterocycles. The minimum atomic E-state index is -1.66. The molecular formula is C26H27N3O4. The summed E-state index contributed by atoms with van der Waals surface area (Å²) in [6, 6.07) is 5.78. The van der Waals surface area contributed by atoms with Crippen molar-refractivity contribution in [3.63, 3.8) is 0 Å². The molecule has 2 N–H and O–H groups in total. The van der Waals surface area contributed by atoms with Crippen molar-refractivity contribution in [2.24, 2.45) is 11.1 Å². The van der Waals surface area contributed by atoms with Crippen LogP contribution in [0.5, 0.6) is 5.75 Å². The van der Waals surface area contributed by atoms with Crippen molar-refractivity contribution in [1.82, 2.24) is 0 Å². The third-order valence-corrected chi connectivity index (χ3v) is 7.22. The first-order valence-corrected chi connectivity index (χ1v) is 11.0. The van der Waals surface area contributed by atoms with E-state index in [4.69, 9.17) is 15.2 Å². The number of hydrogen-bond donors (Lipinski definition) is 1. The number of hydrogen-bond acceptors (Lipinski definition) is 6. The van der Waals surface area contributed by atoms with Crippen molar-refractivity contribution in [3.05, 3.63) is 52.1 Å². The number of Topliss-reactive ketones (excluding diaryl/α,β-unsaturated/α-hetero) is 1. The molecule has 0 saturated carbocycles. The highest BCUT2D eigenvalue weighted by Gasteiger charge is 2.65. The molecule has 170 valence electrons. The summed E-state index contributed by atoms with van der Waals surface area (Å²) in [6.45, 7) is 9.84. The summed E-state index contributed by atoms with van der Waals surface area (Å²) >= 11 is 0. The third-order valence-electron chi connectivity index (χ3n) is 7.22. The minimum absolute atomic E-state index is 0.0439. The highest BCUT2D eigenvalue weighted by Crippen LogP contribution is 2.61. The Morgan fingerprint density at radius 2 is 1.88 bits per heavy atom. The van der Waals surface area contributed by atoms with Crippen molar-refractivity contribution in [2.45, 2.75) is 58.4 Å². The van der Waals surface area contributed by atoms with Gasteiger partial charge in [0.2, 0.25) is 11.8 Å². The molecule has 0 saturated heterocycles. The van der Waals surface area contributed by atoms with Crippen molar-refractivity contribution in [2.75, 3.05) is 12.0 Å². The number of nitrogens with zero attached hydrogens (tertiary/aromatic N) is 2. The van der Waals surface area contributed by atoms with E-state index in [1.807, 2.05) is 46.8 Å². The molecule has 1 atom stereocenters. The second-order valence-corrected chi connectivity index (χ2v) is 10.6. The van der Waals surface area contributed by atoms with Crippen LogP contribution in [0.3, 0.4) is 0 Å². The lowest BCUT2D eigenvalue weighted by Crippen LogP contribution is -2.55. The predicted molar refractivity (Wildman–Crippen MR) is 123 cm³/mol. The summed E-state index contributed by atoms with van der Waals surface area (Å²) in [5, 5.41) is 10.2. The van der Waals surface area contributed by atoms with Crippen LogP contribution in [0, 0.1) is 16.7 Å². The Labute approximate surface area is 193 Å². The van der Waals surface area contributed by atoms with Crippen molar-refractivity contribution in [3.8, 4) is 11.8 Å². The number of carbonyl (C=O) groups excluding carboxylic acids is 2. The maximum atomic E-state index is 14.5. The molecule has 1 amide bonds. The Morgan fingerprint density at radius 3 is 2.52 bits per heavy atom. The van der Waals surface area contributed by atoms with Gasteiger partial charge in [0.1, 0.15) is 28.6 Å². The minimum Gasteiger partial charge on any atom is -0.497 e. The summed E-state index contributed by atoms with van der Waals surface area (Å²) in [7, 11) is 1.56. The number of allylic oxidation sites excluding steroid dienone is 2. The van der Waals surface area contributed by atoms with Crippen LogP contribution in [0.1, 0.15) is 58.6 Å². The molecule has 7 nitrogen and oxygen atoms in total. The van der Waals surface area contributed by atoms with Crippen LogP contribution in [0.25, 0.3) is 5.57 Å². The molecule has 3 aliphatic heterocycles. The molecule has 1 spiro atoms. The van der Waals surface area contributed by atoms with Crippen molar-refractivity contribution < 1.29 is 19.1 Å². The smallest absolute Gasteiger partial charge is 0.248 e. The first kappa shape index (κ1) is 21.3. The second-order valence-electron chi connectivity index (χ2n) is 10.6. The molecule has 33 heavy (non-hydrogen) atoms. The Kier molecular flexibility index (Phi) is 4.06. The molecule has 0 fully saturated rings. The largest absolute Gasteiger partial charge is 0.497 e. The van der Waals surface area contributed by atoms with E-state index in [9.17, 15) is 14.9 Å². The molecule has 1 aromatic rings. The summed E-state index contributed by atoms with van der Waals surface area (Å²) in [5.41, 5.74) is 6.85. The van der Waals surface area contributed by atoms with Crippen LogP contribution in [0.4, 0.5) is 5.69 Å². The van der Waals surface area contributed by atoms with Gasteiger partial charge in [-0.3, -0.25) is 9.59 Å². The zero-order valence-electron chi connectivity index (χ0n) is 19.8. The molecule has 0 radical (unpaired) electrons. The van der Waals surface area contributed by atoms with Gasteiger partial charge >= 0.3 is 0 Å². The molecule has 0 aromatic heterocycles. The monoisotopic (exact) mass is 445 g/mol. The summed E-state index contributed by atoms with van der Waals surface area (Å²) in [6.07, 6.45) is 2.71. The van der Waals surface area contributed by atoms with Gasteiger partial charge in [-0.2, -0.15) is 5.26 Å². The number of methoxy groups -OCH3 is 1. The molecular weight excluding hydrogens is 418 g/mol. The molecule has 5 rings (SSSR count). The predicted octanol–water partition coefficient (Wildman–Crippen LogP) is 3.84. The van der Waals surface area contributed by atoms with Crippen molar-refractivity contribution >= 4 is 23.0 Å². The molecule has 1 aliphatic carbocycles. The number of carbonyl (C=O) groups is 2. The van der Waals surface area contributed by atoms with E-state index in [1.54, 1.807) is 18.1 Å². The van der Waals surface area contributed by atoms with Gasteiger partial charge in [-0.25, -0.2) is 0 Å². The third kappa shape index (κ3) is 2.49. The lowest BCUT2D eigenvalue weighted by Gasteiger charge is -2.43. The summed E-state index contributed by atoms with van der Waals surface area (Å²) < 4.78 is 11.5. The van der Waals surface area contributed by atoms with Gasteiger partial charge in [0.15, 0.2) is 5.78 Å². The van der Waals surface area contributed by atoms with Gasteiger partial charge in [0.25, 0.3) is 0 Å². The quantitative estimate of drug-likeness (QED) is 0.704. The average molecular weight is 446 g/mol. The Hall–Kier alpha value is -3.53. The summed E-state index contributed by atoms with van der Waals surface area (Å²) in [5.74, 6) is 0.227. The molecule has 4 aliphatic rings. The fraction of sp³-hybridized carbons (Fsp3) is 0.423. The highest BCUT2D eigenvalue weighted by atomic mass is 16.5. The van der Waals surface area contributed by atoms with E-state index >= 15 is 0 Å². The van der Waals surface area contributed by atoms with Crippen LogP contribution in [0.2, 0.25) is 0 Å². The normalized spacial score (nSPS) is 26.6. The van der Waals surface area contributed by atoms with Crippen LogP contribution < -0.4 is 15.4 Å². The lowest BCUT2D eigenvalue weighted by molar-refractivity contribution is -0.126. The molecule has 0 bridgehead atoms. The van der Waals surface area contributed by atoms with Gasteiger partial charge < -0.3 is 20.1 Å². The SMILES string of the molecule is COc1cc2c3c(c1)C1(C(=O)N3C(C)(C)C=C2C)C(C#N)=C(N)OC2=C1C(=O)CC(C)(C)C2. The van der Waals surface area contributed by atoms with E-state index in [2.05, 4.69) is 6.07 Å². The summed E-state index contributed by atoms with van der Waals surface area (Å²) in [4.78, 5) is 29.9. The highest BCUT2D eigenvalue weighted by molar-refractivity contribution is 6.22. The standard InChI is InChI=1S/C26H27N3O4/c1-13-9-25(4,5)29-21-15(13)7-14(32-6)8-16(21)26(23(29)31)17(12-27)22(28)33-19-11-24(2,3)10-18(30)20(19)26/h7-9H,10-11,28H2,1-6H3. The van der Waals surface area contributed by atoms with E-state index in [0.717, 1.165) is 11.1 Å². The van der Waals surface area contributed by atoms with Crippen LogP contribution in [-0.2, 0) is 19.7 Å². The van der Waals surface area contributed by atoms with Crippen LogP contribution in [0.15, 0.2) is 41.0 Å². The number of ether oxygens (including phenoxy) is 2. The lowest BCUT2D eigenvalue weighted by atomic mass is 9.62. The number of benzene rings is 1. The van der Waals surface area contributed by atoms with Crippen LogP contribution in [-0.4, -0.2) is 24.3 Å². The molecule has 1 aromatic carbocycles. The molecule has 1 unspecified atom stereocenters. The zero-order chi connectivity index (χ0) is 24.1. The molecule has 7 heteroatoms. The van der Waals surface area contributed by atoms with Gasteiger partial charge in [-0.05, 0) is 43.9 Å². The maximum Gasteiger partial charge on any atom is 0.248 e. The van der Waals surface area contributed by atoms with Gasteiger partial charge in [-0.1, -0.05) is 19.9 Å². The maximum absolute atomic E-state index is 14.5. The number of ketones is 1. The zero-order valence-corrected chi connectivity index (χ0v) is 19.8. The first-order valence-electron chi connectivity index (χ1n) is 11.0. The van der Waals surface area contributed by atoms with E-state index in [1.165, 1.54) is 0 Å². The number of anilines is 1. The van der Waals surface area contributed by atoms with Crippen LogP contribution >= 0.6 is 0 Å². The number of nitriles is 1. The average Bonchev–Trinajstić information content (AvgIpc) is 2.94. The Balaban J connectivity index is 1.96. The topological polar surface area (TPSA) is 106 Å². The van der Waals surface area contributed by atoms with Gasteiger partial charge in [-0.15, -0.1) is 0 Å². The number of fused-ring (bicyclic) bond motifs is 2. The van der Waals surface area contributed by atoms with E-state index in [-0.39, 0.29) is 40.6 Å². The second kappa shape index (κ2) is 6.28. The Morgan fingerprint density at radius 1 is 1.18 bits per heavy atom. The van der Waals surface area contributed by atoms with E-state index < -0.39 is 11.0 Å². The van der Waals surface area contributed by atoms with Crippen molar-refractivity contribution in [1.29, 1.82) is 5.26 Å². The van der Waals surface area contributed by atoms with E-state index in [0.29, 0.717) is 29.2 Å². The Bertz CT molecular complexity index is 1310. The fourth-order valence-corrected chi connectivity index (χ4v) is 6.04. The fourth-order valence-electron chi connectivity index (χ4n) is 6.04. The number of nitrogens with two attached hydrogens (primary N) is 1. The first-order chi connectivity index (χ1) is 15.4. The van der Waals surface area contributed by atoms with Gasteiger partial charge in [0.05, 0.1) is 23.9 Å². The van der Waals surface area contributed by atoms with Gasteiger partial charge in [0, 0.05) is 24.0 Å².